The summed E-state index contributed by atoms with van der Waals surface area (Å²) in [5.74, 6) is 0. The van der Waals surface area contributed by atoms with Crippen molar-refractivity contribution in [1.29, 1.82) is 0 Å². The van der Waals surface area contributed by atoms with E-state index in [1.165, 1.54) is 68.9 Å². The minimum absolute atomic E-state index is 0.0113. The predicted molar refractivity (Wildman–Crippen MR) is 161 cm³/mol. The number of halogens is 1. The van der Waals surface area contributed by atoms with Crippen LogP contribution in [0.1, 0.15) is 13.8 Å². The van der Waals surface area contributed by atoms with Crippen LogP contribution in [0.3, 0.4) is 0 Å². The summed E-state index contributed by atoms with van der Waals surface area (Å²) >= 11 is 5.55. The molecule has 0 saturated carbocycles. The molecule has 172 valence electrons. The first-order valence-corrected chi connectivity index (χ1v) is 13.9. The van der Waals surface area contributed by atoms with Crippen molar-refractivity contribution in [3.05, 3.63) is 100.0 Å². The second-order valence-corrected chi connectivity index (χ2v) is 12.5. The molecule has 1 aliphatic rings. The highest BCUT2D eigenvalue weighted by Crippen LogP contribution is 2.39. The van der Waals surface area contributed by atoms with Crippen molar-refractivity contribution in [3.63, 3.8) is 0 Å². The zero-order chi connectivity index (χ0) is 24.2. The first-order chi connectivity index (χ1) is 17.5. The summed E-state index contributed by atoms with van der Waals surface area (Å²) in [7, 11) is 0. The fourth-order valence-electron chi connectivity index (χ4n) is 6.20. The van der Waals surface area contributed by atoms with Crippen molar-refractivity contribution >= 4 is 92.0 Å². The van der Waals surface area contributed by atoms with Crippen molar-refractivity contribution in [3.8, 4) is 5.69 Å². The maximum atomic E-state index is 3.69. The van der Waals surface area contributed by atoms with Crippen molar-refractivity contribution in [2.24, 2.45) is 5.41 Å². The molecule has 7 aromatic rings. The molecule has 0 saturated heterocycles. The van der Waals surface area contributed by atoms with Gasteiger partial charge in [0.15, 0.2) is 0 Å². The van der Waals surface area contributed by atoms with E-state index in [0.717, 1.165) is 4.47 Å². The van der Waals surface area contributed by atoms with Crippen molar-refractivity contribution in [2.75, 3.05) is 0 Å². The highest BCUT2D eigenvalue weighted by molar-refractivity contribution is 9.10. The SMILES string of the molecule is CC1(C)C=c2c(n(-c3ccc4sc5ccc(Br)cc5c4c3)c3c4ccccc4c4ccccc4c23)=C1. The Balaban J connectivity index is 1.61. The molecule has 1 aliphatic carbocycles. The monoisotopic (exact) mass is 543 g/mol. The lowest BCUT2D eigenvalue weighted by Gasteiger charge is -2.15. The number of hydrogen-bond donors (Lipinski definition) is 0. The minimum atomic E-state index is 0.0113. The molecule has 0 spiro atoms. The molecule has 2 heterocycles. The van der Waals surface area contributed by atoms with Crippen molar-refractivity contribution in [1.82, 2.24) is 4.57 Å². The van der Waals surface area contributed by atoms with E-state index in [0.29, 0.717) is 0 Å². The number of nitrogens with zero attached hydrogens (tertiary/aromatic N) is 1. The number of aromatic nitrogens is 1. The highest BCUT2D eigenvalue weighted by atomic mass is 79.9. The summed E-state index contributed by atoms with van der Waals surface area (Å²) < 4.78 is 6.29. The predicted octanol–water partition coefficient (Wildman–Crippen LogP) is 8.67. The van der Waals surface area contributed by atoms with Crippen LogP contribution in [0.5, 0.6) is 0 Å². The molecule has 0 fully saturated rings. The Morgan fingerprint density at radius 3 is 2.08 bits per heavy atom. The fraction of sp³-hybridized carbons (Fsp3) is 0.0909. The van der Waals surface area contributed by atoms with Gasteiger partial charge in [-0.3, -0.25) is 0 Å². The Morgan fingerprint density at radius 2 is 1.31 bits per heavy atom. The van der Waals surface area contributed by atoms with Gasteiger partial charge in [-0.1, -0.05) is 90.5 Å². The van der Waals surface area contributed by atoms with Gasteiger partial charge in [-0.2, -0.15) is 0 Å². The lowest BCUT2D eigenvalue weighted by molar-refractivity contribution is 0.722. The van der Waals surface area contributed by atoms with Crippen LogP contribution in [-0.2, 0) is 0 Å². The van der Waals surface area contributed by atoms with E-state index in [9.17, 15) is 0 Å². The molecule has 36 heavy (non-hydrogen) atoms. The van der Waals surface area contributed by atoms with E-state index in [4.69, 9.17) is 0 Å². The van der Waals surface area contributed by atoms with Gasteiger partial charge >= 0.3 is 0 Å². The third-order valence-electron chi connectivity index (χ3n) is 7.61. The zero-order valence-corrected chi connectivity index (χ0v) is 22.4. The summed E-state index contributed by atoms with van der Waals surface area (Å²) in [5, 5.41) is 11.9. The smallest absolute Gasteiger partial charge is 0.0625 e. The zero-order valence-electron chi connectivity index (χ0n) is 20.0. The molecule has 8 rings (SSSR count). The molecule has 2 aromatic heterocycles. The van der Waals surface area contributed by atoms with E-state index in [-0.39, 0.29) is 5.41 Å². The van der Waals surface area contributed by atoms with Crippen LogP contribution >= 0.6 is 27.3 Å². The van der Waals surface area contributed by atoms with Crippen LogP contribution in [0.25, 0.3) is 70.5 Å². The van der Waals surface area contributed by atoms with Gasteiger partial charge in [0.2, 0.25) is 0 Å². The topological polar surface area (TPSA) is 4.93 Å². The molecule has 0 aliphatic heterocycles. The normalized spacial score (nSPS) is 14.6. The van der Waals surface area contributed by atoms with E-state index >= 15 is 0 Å². The van der Waals surface area contributed by atoms with Crippen LogP contribution < -0.4 is 10.6 Å². The van der Waals surface area contributed by atoms with E-state index in [1.807, 2.05) is 11.3 Å². The van der Waals surface area contributed by atoms with Gasteiger partial charge in [0.1, 0.15) is 0 Å². The molecular weight excluding hydrogens is 522 g/mol. The lowest BCUT2D eigenvalue weighted by Crippen LogP contribution is -2.25. The molecule has 0 radical (unpaired) electrons. The van der Waals surface area contributed by atoms with Crippen LogP contribution in [0.2, 0.25) is 0 Å². The average molecular weight is 545 g/mol. The fourth-order valence-corrected chi connectivity index (χ4v) is 7.62. The standard InChI is InChI=1S/C33H22BrNS/c1-33(2)17-27-28(18-33)35(20-12-14-30-26(16-20)25-15-19(34)11-13-29(25)36-30)32-24-10-6-4-8-22(24)21-7-3-5-9-23(21)31(27)32/h3-18H,1-2H3. The van der Waals surface area contributed by atoms with E-state index < -0.39 is 0 Å². The van der Waals surface area contributed by atoms with Gasteiger partial charge in [-0.05, 0) is 52.6 Å². The summed E-state index contributed by atoms with van der Waals surface area (Å²) in [6.45, 7) is 4.61. The third kappa shape index (κ3) is 2.76. The number of benzene rings is 5. The second-order valence-electron chi connectivity index (χ2n) is 10.5. The average Bonchev–Trinajstić information content (AvgIpc) is 3.49. The molecule has 0 amide bonds. The molecule has 5 aromatic carbocycles. The Bertz CT molecular complexity index is 2190. The number of hydrogen-bond acceptors (Lipinski definition) is 1. The Morgan fingerprint density at radius 1 is 0.667 bits per heavy atom. The molecule has 0 atom stereocenters. The number of rotatable bonds is 1. The van der Waals surface area contributed by atoms with Gasteiger partial charge in [0.25, 0.3) is 0 Å². The largest absolute Gasteiger partial charge is 0.309 e. The highest BCUT2D eigenvalue weighted by Gasteiger charge is 2.24. The molecular formula is C33H22BrNS. The maximum Gasteiger partial charge on any atom is 0.0625 e. The summed E-state index contributed by atoms with van der Waals surface area (Å²) in [5.41, 5.74) is 2.53. The van der Waals surface area contributed by atoms with Crippen LogP contribution in [0.15, 0.2) is 89.4 Å². The lowest BCUT2D eigenvalue weighted by atomic mass is 9.94. The number of thiophene rings is 1. The maximum absolute atomic E-state index is 3.69. The van der Waals surface area contributed by atoms with Gasteiger partial charge in [0, 0.05) is 51.7 Å². The quantitative estimate of drug-likeness (QED) is 0.182. The number of fused-ring (bicyclic) bond motifs is 11. The van der Waals surface area contributed by atoms with Gasteiger partial charge in [0.05, 0.1) is 10.9 Å². The van der Waals surface area contributed by atoms with Gasteiger partial charge < -0.3 is 4.57 Å². The van der Waals surface area contributed by atoms with Crippen LogP contribution in [0, 0.1) is 5.41 Å². The molecule has 0 unspecified atom stereocenters. The summed E-state index contributed by atoms with van der Waals surface area (Å²) in [6.07, 6.45) is 4.90. The van der Waals surface area contributed by atoms with Crippen molar-refractivity contribution in [2.45, 2.75) is 13.8 Å². The molecule has 0 N–H and O–H groups in total. The van der Waals surface area contributed by atoms with Crippen LogP contribution in [-0.4, -0.2) is 4.57 Å². The van der Waals surface area contributed by atoms with E-state index in [1.54, 1.807) is 0 Å². The first kappa shape index (κ1) is 20.8. The first-order valence-electron chi connectivity index (χ1n) is 12.3. The second kappa shape index (κ2) is 7.09. The summed E-state index contributed by atoms with van der Waals surface area (Å²) in [4.78, 5) is 0. The summed E-state index contributed by atoms with van der Waals surface area (Å²) in [6, 6.07) is 31.4. The van der Waals surface area contributed by atoms with Gasteiger partial charge in [-0.15, -0.1) is 11.3 Å². The Labute approximate surface area is 220 Å². The van der Waals surface area contributed by atoms with E-state index in [2.05, 4.69) is 131 Å². The third-order valence-corrected chi connectivity index (χ3v) is 9.26. The van der Waals surface area contributed by atoms with Crippen LogP contribution in [0.4, 0.5) is 0 Å². The van der Waals surface area contributed by atoms with Crippen molar-refractivity contribution < 1.29 is 0 Å². The molecule has 3 heteroatoms. The Kier molecular flexibility index (Phi) is 4.09. The Hall–Kier alpha value is -3.40. The molecule has 0 bridgehead atoms. The van der Waals surface area contributed by atoms with Gasteiger partial charge in [-0.25, -0.2) is 0 Å². The minimum Gasteiger partial charge on any atom is -0.309 e. The molecule has 1 nitrogen and oxygen atoms in total.